The van der Waals surface area contributed by atoms with Gasteiger partial charge >= 0.3 is 0 Å². The van der Waals surface area contributed by atoms with Gasteiger partial charge in [0.25, 0.3) is 0 Å². The number of hydrogen-bond acceptors (Lipinski definition) is 3. The zero-order chi connectivity index (χ0) is 18.4. The molecule has 0 radical (unpaired) electrons. The zero-order valence-corrected chi connectivity index (χ0v) is 15.0. The fourth-order valence-electron chi connectivity index (χ4n) is 3.89. The van der Waals surface area contributed by atoms with E-state index in [2.05, 4.69) is 0 Å². The molecular weight excluding hydrogens is 333 g/mol. The summed E-state index contributed by atoms with van der Waals surface area (Å²) in [4.78, 5) is 12.9. The molecule has 1 unspecified atom stereocenters. The van der Waals surface area contributed by atoms with Crippen molar-refractivity contribution in [2.75, 3.05) is 14.2 Å². The van der Waals surface area contributed by atoms with E-state index in [9.17, 15) is 9.18 Å². The molecule has 1 aliphatic carbocycles. The van der Waals surface area contributed by atoms with E-state index in [-0.39, 0.29) is 17.5 Å². The lowest BCUT2D eigenvalue weighted by atomic mass is 9.99. The van der Waals surface area contributed by atoms with Crippen LogP contribution < -0.4 is 9.47 Å². The Kier molecular flexibility index (Phi) is 3.94. The first-order valence-corrected chi connectivity index (χ1v) is 8.54. The van der Waals surface area contributed by atoms with Gasteiger partial charge in [0.2, 0.25) is 0 Å². The molecule has 5 heteroatoms. The Balaban J connectivity index is 1.66. The van der Waals surface area contributed by atoms with Crippen molar-refractivity contribution in [3.05, 3.63) is 59.0 Å². The van der Waals surface area contributed by atoms with Crippen molar-refractivity contribution in [1.29, 1.82) is 0 Å². The number of ketones is 1. The van der Waals surface area contributed by atoms with Crippen LogP contribution in [0, 0.1) is 11.7 Å². The first kappa shape index (κ1) is 16.6. The van der Waals surface area contributed by atoms with Crippen LogP contribution in [0.4, 0.5) is 4.39 Å². The van der Waals surface area contributed by atoms with Crippen LogP contribution in [0.3, 0.4) is 0 Å². The van der Waals surface area contributed by atoms with Crippen molar-refractivity contribution in [3.8, 4) is 11.5 Å². The van der Waals surface area contributed by atoms with Crippen molar-refractivity contribution >= 4 is 16.7 Å². The number of aromatic nitrogens is 1. The van der Waals surface area contributed by atoms with Gasteiger partial charge in [0.15, 0.2) is 17.3 Å². The highest BCUT2D eigenvalue weighted by molar-refractivity contribution is 6.03. The van der Waals surface area contributed by atoms with Gasteiger partial charge in [0.1, 0.15) is 5.82 Å². The largest absolute Gasteiger partial charge is 0.493 e. The molecular formula is C21H20FNO3. The number of carbonyl (C=O) groups is 1. The minimum Gasteiger partial charge on any atom is -0.493 e. The predicted octanol–water partition coefficient (Wildman–Crippen LogP) is 3.93. The minimum absolute atomic E-state index is 0.123. The molecule has 4 rings (SSSR count). The number of fused-ring (bicyclic) bond motifs is 2. The maximum absolute atomic E-state index is 13.5. The van der Waals surface area contributed by atoms with Crippen LogP contribution in [0.25, 0.3) is 10.9 Å². The number of aryl methyl sites for hydroxylation is 1. The predicted molar refractivity (Wildman–Crippen MR) is 97.7 cm³/mol. The van der Waals surface area contributed by atoms with Gasteiger partial charge in [-0.05, 0) is 54.8 Å². The smallest absolute Gasteiger partial charge is 0.167 e. The fraction of sp³-hybridized carbons (Fsp3) is 0.286. The average Bonchev–Trinajstić information content (AvgIpc) is 3.10. The second-order valence-electron chi connectivity index (χ2n) is 6.73. The van der Waals surface area contributed by atoms with Crippen LogP contribution in [0.5, 0.6) is 11.5 Å². The minimum atomic E-state index is -0.252. The summed E-state index contributed by atoms with van der Waals surface area (Å²) in [7, 11) is 5.11. The highest BCUT2D eigenvalue weighted by Gasteiger charge is 2.32. The molecule has 0 aliphatic heterocycles. The van der Waals surface area contributed by atoms with E-state index in [4.69, 9.17) is 9.47 Å². The lowest BCUT2D eigenvalue weighted by Gasteiger charge is -2.09. The maximum atomic E-state index is 13.5. The summed E-state index contributed by atoms with van der Waals surface area (Å²) in [6.07, 6.45) is 1.29. The molecule has 0 bridgehead atoms. The first-order valence-electron chi connectivity index (χ1n) is 8.54. The van der Waals surface area contributed by atoms with E-state index >= 15 is 0 Å². The highest BCUT2D eigenvalue weighted by atomic mass is 19.1. The number of rotatable bonds is 4. The summed E-state index contributed by atoms with van der Waals surface area (Å²) >= 11 is 0. The van der Waals surface area contributed by atoms with Gasteiger partial charge in [0.05, 0.1) is 14.2 Å². The maximum Gasteiger partial charge on any atom is 0.167 e. The SMILES string of the molecule is COc1cc2c(cc1OC)C(=O)C(Cc1cc3cc(F)ccc3n1C)C2. The molecule has 0 saturated heterocycles. The van der Waals surface area contributed by atoms with Crippen molar-refractivity contribution in [1.82, 2.24) is 4.57 Å². The van der Waals surface area contributed by atoms with Crippen LogP contribution in [0.15, 0.2) is 36.4 Å². The molecule has 26 heavy (non-hydrogen) atoms. The number of Topliss-reactive ketones (excluding diaryl/α,β-unsaturated/α-hetero) is 1. The Hall–Kier alpha value is -2.82. The van der Waals surface area contributed by atoms with Crippen molar-refractivity contribution < 1.29 is 18.7 Å². The van der Waals surface area contributed by atoms with Crippen molar-refractivity contribution in [3.63, 3.8) is 0 Å². The van der Waals surface area contributed by atoms with Gasteiger partial charge in [-0.25, -0.2) is 4.39 Å². The van der Waals surface area contributed by atoms with E-state index in [0.29, 0.717) is 29.9 Å². The monoisotopic (exact) mass is 353 g/mol. The molecule has 2 aromatic carbocycles. The van der Waals surface area contributed by atoms with Gasteiger partial charge < -0.3 is 14.0 Å². The summed E-state index contributed by atoms with van der Waals surface area (Å²) in [5.74, 6) is 0.949. The summed E-state index contributed by atoms with van der Waals surface area (Å²) in [5.41, 5.74) is 3.68. The second kappa shape index (κ2) is 6.16. The van der Waals surface area contributed by atoms with E-state index in [0.717, 1.165) is 22.2 Å². The molecule has 4 nitrogen and oxygen atoms in total. The molecule has 0 spiro atoms. The normalized spacial score (nSPS) is 16.2. The van der Waals surface area contributed by atoms with Crippen LogP contribution in [0.1, 0.15) is 21.6 Å². The fourth-order valence-corrected chi connectivity index (χ4v) is 3.89. The van der Waals surface area contributed by atoms with Crippen LogP contribution >= 0.6 is 0 Å². The average molecular weight is 353 g/mol. The summed E-state index contributed by atoms with van der Waals surface area (Å²) in [6, 6.07) is 10.4. The quantitative estimate of drug-likeness (QED) is 0.713. The van der Waals surface area contributed by atoms with E-state index in [1.165, 1.54) is 12.1 Å². The summed E-state index contributed by atoms with van der Waals surface area (Å²) < 4.78 is 26.2. The third-order valence-electron chi connectivity index (χ3n) is 5.27. The molecule has 1 aliphatic rings. The summed E-state index contributed by atoms with van der Waals surface area (Å²) in [6.45, 7) is 0. The van der Waals surface area contributed by atoms with Gasteiger partial charge in [-0.1, -0.05) is 0 Å². The van der Waals surface area contributed by atoms with Crippen molar-refractivity contribution in [2.24, 2.45) is 13.0 Å². The third-order valence-corrected chi connectivity index (χ3v) is 5.27. The molecule has 1 atom stereocenters. The Bertz CT molecular complexity index is 1020. The number of halogens is 1. The summed E-state index contributed by atoms with van der Waals surface area (Å²) in [5, 5.41) is 0.855. The lowest BCUT2D eigenvalue weighted by Crippen LogP contribution is -2.14. The van der Waals surface area contributed by atoms with Crippen molar-refractivity contribution in [2.45, 2.75) is 12.8 Å². The second-order valence-corrected chi connectivity index (χ2v) is 6.73. The highest BCUT2D eigenvalue weighted by Crippen LogP contribution is 2.38. The Labute approximate surface area is 151 Å². The number of methoxy groups -OCH3 is 2. The van der Waals surface area contributed by atoms with Gasteiger partial charge in [-0.15, -0.1) is 0 Å². The Morgan fingerprint density at radius 1 is 1.12 bits per heavy atom. The molecule has 0 N–H and O–H groups in total. The zero-order valence-electron chi connectivity index (χ0n) is 15.0. The molecule has 0 saturated carbocycles. The number of nitrogens with zero attached hydrogens (tertiary/aromatic N) is 1. The third kappa shape index (κ3) is 2.55. The van der Waals surface area contributed by atoms with Gasteiger partial charge in [-0.3, -0.25) is 4.79 Å². The molecule has 134 valence electrons. The van der Waals surface area contributed by atoms with Crippen LogP contribution in [-0.4, -0.2) is 24.6 Å². The van der Waals surface area contributed by atoms with Gasteiger partial charge in [-0.2, -0.15) is 0 Å². The molecule has 0 fully saturated rings. The Morgan fingerprint density at radius 2 is 1.85 bits per heavy atom. The number of ether oxygens (including phenoxy) is 2. The van der Waals surface area contributed by atoms with E-state index < -0.39 is 0 Å². The standard InChI is InChI=1S/C21H20FNO3/c1-23-16(8-13-7-15(22)4-5-18(13)23)9-14-6-12-10-19(25-2)20(26-3)11-17(12)21(14)24/h4-5,7-8,10-11,14H,6,9H2,1-3H3. The molecule has 1 heterocycles. The van der Waals surface area contributed by atoms with E-state index in [1.54, 1.807) is 26.4 Å². The molecule has 0 amide bonds. The van der Waals surface area contributed by atoms with Gasteiger partial charge in [0, 0.05) is 35.1 Å². The first-order chi connectivity index (χ1) is 12.5. The number of hydrogen-bond donors (Lipinski definition) is 0. The Morgan fingerprint density at radius 3 is 2.58 bits per heavy atom. The topological polar surface area (TPSA) is 40.5 Å². The number of carbonyl (C=O) groups excluding carboxylic acids is 1. The van der Waals surface area contributed by atoms with Crippen LogP contribution in [-0.2, 0) is 19.9 Å². The number of benzene rings is 2. The lowest BCUT2D eigenvalue weighted by molar-refractivity contribution is 0.0935. The molecule has 3 aromatic rings. The van der Waals surface area contributed by atoms with Crippen LogP contribution in [0.2, 0.25) is 0 Å². The molecule has 1 aromatic heterocycles. The van der Waals surface area contributed by atoms with E-state index in [1.807, 2.05) is 23.7 Å².